The highest BCUT2D eigenvalue weighted by Gasteiger charge is 2.20. The van der Waals surface area contributed by atoms with Crippen LogP contribution in [-0.2, 0) is 9.59 Å². The third kappa shape index (κ3) is 4.95. The van der Waals surface area contributed by atoms with E-state index in [0.717, 1.165) is 11.1 Å². The van der Waals surface area contributed by atoms with E-state index in [1.54, 1.807) is 0 Å². The van der Waals surface area contributed by atoms with Gasteiger partial charge in [0.15, 0.2) is 0 Å². The van der Waals surface area contributed by atoms with Crippen LogP contribution < -0.4 is 11.1 Å². The number of hydrogen-bond acceptors (Lipinski definition) is 2. The predicted molar refractivity (Wildman–Crippen MR) is 90.5 cm³/mol. The molecular weight excluding hydrogens is 288 g/mol. The molecule has 0 bridgehead atoms. The summed E-state index contributed by atoms with van der Waals surface area (Å²) in [5.41, 5.74) is 7.20. The fourth-order valence-corrected chi connectivity index (χ4v) is 2.42. The summed E-state index contributed by atoms with van der Waals surface area (Å²) < 4.78 is 0. The van der Waals surface area contributed by atoms with Crippen LogP contribution in [0.1, 0.15) is 36.9 Å². The Morgan fingerprint density at radius 1 is 0.957 bits per heavy atom. The van der Waals surface area contributed by atoms with Gasteiger partial charge in [0.2, 0.25) is 11.8 Å². The summed E-state index contributed by atoms with van der Waals surface area (Å²) >= 11 is 0. The van der Waals surface area contributed by atoms with Crippen LogP contribution in [0, 0.1) is 5.92 Å². The number of carbonyl (C=O) groups is 2. The zero-order valence-electron chi connectivity index (χ0n) is 13.2. The van der Waals surface area contributed by atoms with Crippen molar-refractivity contribution in [3.8, 4) is 0 Å². The summed E-state index contributed by atoms with van der Waals surface area (Å²) in [7, 11) is 0. The van der Waals surface area contributed by atoms with E-state index in [2.05, 4.69) is 5.32 Å². The standard InChI is InChI=1S/C19H22N2O2/c1-14(12-13-17(20)22)19(23)21-18(15-8-4-2-5-9-15)16-10-6-3-7-11-16/h2-11,14,18H,12-13H2,1H3,(H2,20,22)(H,21,23)/t14-/m0/s1. The minimum absolute atomic E-state index is 0.0797. The number of nitrogens with two attached hydrogens (primary N) is 1. The lowest BCUT2D eigenvalue weighted by atomic mass is 9.97. The Morgan fingerprint density at radius 2 is 1.43 bits per heavy atom. The van der Waals surface area contributed by atoms with Crippen molar-refractivity contribution in [2.24, 2.45) is 11.7 Å². The second-order valence-corrected chi connectivity index (χ2v) is 5.67. The van der Waals surface area contributed by atoms with Crippen molar-refractivity contribution >= 4 is 11.8 Å². The molecule has 2 amide bonds. The van der Waals surface area contributed by atoms with Gasteiger partial charge in [-0.1, -0.05) is 67.6 Å². The minimum Gasteiger partial charge on any atom is -0.370 e. The summed E-state index contributed by atoms with van der Waals surface area (Å²) in [5.74, 6) is -0.728. The fraction of sp³-hybridized carbons (Fsp3) is 0.263. The third-order valence-electron chi connectivity index (χ3n) is 3.82. The van der Waals surface area contributed by atoms with E-state index in [0.29, 0.717) is 6.42 Å². The average Bonchev–Trinajstić information content (AvgIpc) is 2.58. The zero-order chi connectivity index (χ0) is 16.7. The number of primary amides is 1. The van der Waals surface area contributed by atoms with E-state index in [4.69, 9.17) is 5.73 Å². The van der Waals surface area contributed by atoms with Gasteiger partial charge in [0.1, 0.15) is 0 Å². The highest BCUT2D eigenvalue weighted by Crippen LogP contribution is 2.22. The van der Waals surface area contributed by atoms with E-state index in [9.17, 15) is 9.59 Å². The van der Waals surface area contributed by atoms with Gasteiger partial charge in [0.25, 0.3) is 0 Å². The van der Waals surface area contributed by atoms with Gasteiger partial charge in [-0.05, 0) is 17.5 Å². The average molecular weight is 310 g/mol. The molecule has 3 N–H and O–H groups in total. The highest BCUT2D eigenvalue weighted by molar-refractivity contribution is 5.80. The van der Waals surface area contributed by atoms with Gasteiger partial charge >= 0.3 is 0 Å². The van der Waals surface area contributed by atoms with Crippen LogP contribution in [0.4, 0.5) is 0 Å². The van der Waals surface area contributed by atoms with Gasteiger partial charge < -0.3 is 11.1 Å². The normalized spacial score (nSPS) is 11.9. The van der Waals surface area contributed by atoms with Crippen LogP contribution in [0.3, 0.4) is 0 Å². The number of hydrogen-bond donors (Lipinski definition) is 2. The Bertz CT molecular complexity index is 601. The van der Waals surface area contributed by atoms with Gasteiger partial charge in [-0.2, -0.15) is 0 Å². The summed E-state index contributed by atoms with van der Waals surface area (Å²) in [6.45, 7) is 1.81. The lowest BCUT2D eigenvalue weighted by Gasteiger charge is -2.22. The third-order valence-corrected chi connectivity index (χ3v) is 3.82. The molecule has 0 saturated heterocycles. The Hall–Kier alpha value is -2.62. The Kier molecular flexibility index (Phi) is 5.92. The number of amides is 2. The Labute approximate surface area is 136 Å². The fourth-order valence-electron chi connectivity index (χ4n) is 2.42. The molecular formula is C19H22N2O2. The first-order valence-corrected chi connectivity index (χ1v) is 7.76. The molecule has 2 rings (SSSR count). The smallest absolute Gasteiger partial charge is 0.223 e. The first kappa shape index (κ1) is 16.7. The zero-order valence-corrected chi connectivity index (χ0v) is 13.2. The van der Waals surface area contributed by atoms with E-state index in [1.807, 2.05) is 67.6 Å². The summed E-state index contributed by atoms with van der Waals surface area (Å²) in [6.07, 6.45) is 0.674. The number of rotatable bonds is 7. The molecule has 1 atom stereocenters. The SMILES string of the molecule is C[C@@H](CCC(N)=O)C(=O)NC(c1ccccc1)c1ccccc1. The molecule has 0 aromatic heterocycles. The van der Waals surface area contributed by atoms with Crippen molar-refractivity contribution in [1.82, 2.24) is 5.32 Å². The van der Waals surface area contributed by atoms with Crippen molar-refractivity contribution in [1.29, 1.82) is 0 Å². The summed E-state index contributed by atoms with van der Waals surface area (Å²) in [5, 5.41) is 3.08. The molecule has 0 unspecified atom stereocenters. The molecule has 0 radical (unpaired) electrons. The lowest BCUT2D eigenvalue weighted by molar-refractivity contribution is -0.125. The van der Waals surface area contributed by atoms with Crippen LogP contribution in [0.25, 0.3) is 0 Å². The maximum absolute atomic E-state index is 12.4. The molecule has 0 saturated carbocycles. The van der Waals surface area contributed by atoms with Crippen molar-refractivity contribution in [2.75, 3.05) is 0 Å². The second-order valence-electron chi connectivity index (χ2n) is 5.67. The highest BCUT2D eigenvalue weighted by atomic mass is 16.2. The van der Waals surface area contributed by atoms with E-state index in [-0.39, 0.29) is 30.2 Å². The maximum Gasteiger partial charge on any atom is 0.223 e. The molecule has 0 aliphatic heterocycles. The summed E-state index contributed by atoms with van der Waals surface area (Å²) in [6, 6.07) is 19.5. The van der Waals surface area contributed by atoms with Crippen LogP contribution in [-0.4, -0.2) is 11.8 Å². The minimum atomic E-state index is -0.382. The van der Waals surface area contributed by atoms with Crippen LogP contribution in [0.15, 0.2) is 60.7 Å². The Morgan fingerprint density at radius 3 is 1.87 bits per heavy atom. The van der Waals surface area contributed by atoms with Crippen molar-refractivity contribution in [3.05, 3.63) is 71.8 Å². The number of nitrogens with one attached hydrogen (secondary N) is 1. The molecule has 2 aromatic rings. The molecule has 4 heteroatoms. The molecule has 0 aliphatic rings. The van der Waals surface area contributed by atoms with Crippen LogP contribution >= 0.6 is 0 Å². The maximum atomic E-state index is 12.4. The molecule has 0 spiro atoms. The number of benzene rings is 2. The van der Waals surface area contributed by atoms with Crippen LogP contribution in [0.5, 0.6) is 0 Å². The first-order chi connectivity index (χ1) is 11.1. The van der Waals surface area contributed by atoms with Crippen molar-refractivity contribution in [2.45, 2.75) is 25.8 Å². The molecule has 120 valence electrons. The van der Waals surface area contributed by atoms with Crippen molar-refractivity contribution in [3.63, 3.8) is 0 Å². The van der Waals surface area contributed by atoms with Gasteiger partial charge in [-0.15, -0.1) is 0 Å². The first-order valence-electron chi connectivity index (χ1n) is 7.76. The molecule has 0 fully saturated rings. The van der Waals surface area contributed by atoms with E-state index >= 15 is 0 Å². The van der Waals surface area contributed by atoms with Crippen molar-refractivity contribution < 1.29 is 9.59 Å². The molecule has 4 nitrogen and oxygen atoms in total. The quantitative estimate of drug-likeness (QED) is 0.825. The van der Waals surface area contributed by atoms with Crippen LogP contribution in [0.2, 0.25) is 0 Å². The second kappa shape index (κ2) is 8.13. The molecule has 0 heterocycles. The van der Waals surface area contributed by atoms with Gasteiger partial charge in [0, 0.05) is 12.3 Å². The molecule has 2 aromatic carbocycles. The monoisotopic (exact) mass is 310 g/mol. The topological polar surface area (TPSA) is 72.2 Å². The predicted octanol–water partition coefficient (Wildman–Crippen LogP) is 2.79. The van der Waals surface area contributed by atoms with Gasteiger partial charge in [0.05, 0.1) is 6.04 Å². The van der Waals surface area contributed by atoms with Gasteiger partial charge in [-0.3, -0.25) is 9.59 Å². The van der Waals surface area contributed by atoms with E-state index < -0.39 is 0 Å². The lowest BCUT2D eigenvalue weighted by Crippen LogP contribution is -2.34. The Balaban J connectivity index is 2.15. The largest absolute Gasteiger partial charge is 0.370 e. The van der Waals surface area contributed by atoms with E-state index in [1.165, 1.54) is 0 Å². The molecule has 0 aliphatic carbocycles. The summed E-state index contributed by atoms with van der Waals surface area (Å²) in [4.78, 5) is 23.3. The number of carbonyl (C=O) groups excluding carboxylic acids is 2. The van der Waals surface area contributed by atoms with Gasteiger partial charge in [-0.25, -0.2) is 0 Å². The molecule has 23 heavy (non-hydrogen) atoms.